The summed E-state index contributed by atoms with van der Waals surface area (Å²) in [7, 11) is 0. The lowest BCUT2D eigenvalue weighted by Gasteiger charge is -2.03. The van der Waals surface area contributed by atoms with E-state index in [0.717, 1.165) is 0 Å². The van der Waals surface area contributed by atoms with Crippen LogP contribution in [-0.2, 0) is 14.4 Å². The maximum Gasteiger partial charge on any atom is 0.332 e. The van der Waals surface area contributed by atoms with Gasteiger partial charge in [0.25, 0.3) is 0 Å². The van der Waals surface area contributed by atoms with Crippen molar-refractivity contribution in [2.75, 3.05) is 0 Å². The Morgan fingerprint density at radius 2 is 1.16 bits per heavy atom. The highest BCUT2D eigenvalue weighted by Crippen LogP contribution is 2.12. The van der Waals surface area contributed by atoms with Gasteiger partial charge in [0, 0.05) is 16.7 Å². The Hall–Kier alpha value is -2.11. The second-order valence-corrected chi connectivity index (χ2v) is 3.55. The molecule has 0 aromatic carbocycles. The summed E-state index contributed by atoms with van der Waals surface area (Å²) in [5, 5.41) is 25.3. The molecule has 6 heteroatoms. The van der Waals surface area contributed by atoms with Crippen molar-refractivity contribution in [1.82, 2.24) is 0 Å². The average molecular weight is 272 g/mol. The van der Waals surface area contributed by atoms with Crippen LogP contribution in [0, 0.1) is 0 Å². The smallest absolute Gasteiger partial charge is 0.332 e. The van der Waals surface area contributed by atoms with E-state index in [9.17, 15) is 14.4 Å². The molecular formula is C13H20O6. The molecule has 0 saturated heterocycles. The van der Waals surface area contributed by atoms with Gasteiger partial charge in [-0.2, -0.15) is 0 Å². The van der Waals surface area contributed by atoms with Gasteiger partial charge in [-0.1, -0.05) is 19.9 Å². The Morgan fingerprint density at radius 1 is 0.842 bits per heavy atom. The predicted octanol–water partition coefficient (Wildman–Crippen LogP) is 2.31. The van der Waals surface area contributed by atoms with Gasteiger partial charge in [0.15, 0.2) is 0 Å². The molecule has 0 spiro atoms. The SMILES string of the molecule is C/C=C(\C)C(=O)O.CC/C(C(=O)O)=C(/CC)C(=O)O. The van der Waals surface area contributed by atoms with E-state index in [0.29, 0.717) is 5.57 Å². The molecule has 0 heterocycles. The van der Waals surface area contributed by atoms with Gasteiger partial charge in [0.2, 0.25) is 0 Å². The maximum atomic E-state index is 10.5. The number of carboxylic acids is 3. The molecule has 6 nitrogen and oxygen atoms in total. The normalized spacial score (nSPS) is 11.9. The number of rotatable bonds is 5. The first-order chi connectivity index (χ1) is 8.72. The van der Waals surface area contributed by atoms with E-state index in [1.54, 1.807) is 33.8 Å². The molecule has 0 radical (unpaired) electrons. The first-order valence-electron chi connectivity index (χ1n) is 5.77. The van der Waals surface area contributed by atoms with Crippen molar-refractivity contribution >= 4 is 17.9 Å². The summed E-state index contributed by atoms with van der Waals surface area (Å²) in [4.78, 5) is 30.9. The van der Waals surface area contributed by atoms with Crippen LogP contribution in [-0.4, -0.2) is 33.2 Å². The zero-order valence-corrected chi connectivity index (χ0v) is 11.6. The van der Waals surface area contributed by atoms with Gasteiger partial charge in [-0.3, -0.25) is 0 Å². The van der Waals surface area contributed by atoms with Crippen LogP contribution in [0.2, 0.25) is 0 Å². The Labute approximate surface area is 112 Å². The summed E-state index contributed by atoms with van der Waals surface area (Å²) in [6.45, 7) is 6.51. The highest BCUT2D eigenvalue weighted by Gasteiger charge is 2.16. The van der Waals surface area contributed by atoms with Gasteiger partial charge >= 0.3 is 17.9 Å². The number of allylic oxidation sites excluding steroid dienone is 1. The van der Waals surface area contributed by atoms with E-state index < -0.39 is 17.9 Å². The van der Waals surface area contributed by atoms with E-state index in [1.165, 1.54) is 0 Å². The van der Waals surface area contributed by atoms with Gasteiger partial charge < -0.3 is 15.3 Å². The number of hydrogen-bond acceptors (Lipinski definition) is 3. The topological polar surface area (TPSA) is 112 Å². The van der Waals surface area contributed by atoms with Crippen molar-refractivity contribution < 1.29 is 29.7 Å². The third-order valence-corrected chi connectivity index (χ3v) is 2.36. The lowest BCUT2D eigenvalue weighted by Crippen LogP contribution is -2.10. The number of carboxylic acid groups (broad SMARTS) is 3. The van der Waals surface area contributed by atoms with E-state index >= 15 is 0 Å². The molecule has 0 aromatic heterocycles. The first-order valence-corrected chi connectivity index (χ1v) is 5.77. The third-order valence-electron chi connectivity index (χ3n) is 2.36. The predicted molar refractivity (Wildman–Crippen MR) is 69.9 cm³/mol. The lowest BCUT2D eigenvalue weighted by atomic mass is 10.0. The lowest BCUT2D eigenvalue weighted by molar-refractivity contribution is -0.136. The summed E-state index contributed by atoms with van der Waals surface area (Å²) < 4.78 is 0. The number of aliphatic carboxylic acids is 3. The monoisotopic (exact) mass is 272 g/mol. The molecule has 0 saturated carbocycles. The van der Waals surface area contributed by atoms with Crippen LogP contribution in [0.25, 0.3) is 0 Å². The van der Waals surface area contributed by atoms with Crippen LogP contribution in [0.4, 0.5) is 0 Å². The molecule has 3 N–H and O–H groups in total. The molecule has 0 amide bonds. The van der Waals surface area contributed by atoms with Crippen LogP contribution < -0.4 is 0 Å². The Morgan fingerprint density at radius 3 is 1.21 bits per heavy atom. The molecule has 108 valence electrons. The van der Waals surface area contributed by atoms with E-state index in [4.69, 9.17) is 15.3 Å². The molecule has 0 atom stereocenters. The summed E-state index contributed by atoms with van der Waals surface area (Å²) >= 11 is 0. The molecule has 0 aliphatic heterocycles. The summed E-state index contributed by atoms with van der Waals surface area (Å²) in [5.74, 6) is -3.13. The van der Waals surface area contributed by atoms with E-state index in [1.807, 2.05) is 0 Å². The Balaban J connectivity index is 0. The van der Waals surface area contributed by atoms with Crippen LogP contribution in [0.1, 0.15) is 40.5 Å². The fraction of sp³-hybridized carbons (Fsp3) is 0.462. The van der Waals surface area contributed by atoms with Crippen LogP contribution in [0.15, 0.2) is 22.8 Å². The zero-order valence-electron chi connectivity index (χ0n) is 11.6. The molecule has 0 aromatic rings. The summed E-state index contributed by atoms with van der Waals surface area (Å²) in [5.41, 5.74) is 0.370. The largest absolute Gasteiger partial charge is 0.478 e. The van der Waals surface area contributed by atoms with E-state index in [-0.39, 0.29) is 24.0 Å². The Bertz CT molecular complexity index is 379. The van der Waals surface area contributed by atoms with Crippen molar-refractivity contribution in [1.29, 1.82) is 0 Å². The highest BCUT2D eigenvalue weighted by molar-refractivity contribution is 5.98. The summed E-state index contributed by atoms with van der Waals surface area (Å²) in [6.07, 6.45) is 2.04. The van der Waals surface area contributed by atoms with Gasteiger partial charge in [-0.15, -0.1) is 0 Å². The standard InChI is InChI=1S/C8H12O4.C5H8O2/c1-3-5(7(9)10)6(4-2)8(11)12;1-3-4(2)5(6)7/h3-4H2,1-2H3,(H,9,10)(H,11,12);3H,1-2H3,(H,6,7)/b6-5+;4-3+. The quantitative estimate of drug-likeness (QED) is 0.662. The molecular weight excluding hydrogens is 252 g/mol. The third kappa shape index (κ3) is 7.75. The molecule has 0 bridgehead atoms. The molecule has 19 heavy (non-hydrogen) atoms. The first kappa shape index (κ1) is 19.2. The highest BCUT2D eigenvalue weighted by atomic mass is 16.4. The van der Waals surface area contributed by atoms with Gasteiger partial charge in [-0.25, -0.2) is 14.4 Å². The fourth-order valence-electron chi connectivity index (χ4n) is 1.11. The van der Waals surface area contributed by atoms with Crippen molar-refractivity contribution in [2.45, 2.75) is 40.5 Å². The van der Waals surface area contributed by atoms with E-state index in [2.05, 4.69) is 0 Å². The van der Waals surface area contributed by atoms with Gasteiger partial charge in [0.1, 0.15) is 0 Å². The van der Waals surface area contributed by atoms with Gasteiger partial charge in [0.05, 0.1) is 0 Å². The molecule has 0 aliphatic carbocycles. The van der Waals surface area contributed by atoms with Crippen LogP contribution in [0.5, 0.6) is 0 Å². The minimum Gasteiger partial charge on any atom is -0.478 e. The minimum absolute atomic E-state index is 0.00926. The van der Waals surface area contributed by atoms with Crippen molar-refractivity contribution in [3.8, 4) is 0 Å². The van der Waals surface area contributed by atoms with Crippen molar-refractivity contribution in [3.05, 3.63) is 22.8 Å². The average Bonchev–Trinajstić information content (AvgIpc) is 2.34. The van der Waals surface area contributed by atoms with Gasteiger partial charge in [-0.05, 0) is 26.7 Å². The zero-order chi connectivity index (χ0) is 15.6. The Kier molecular flexibility index (Phi) is 10.00. The minimum atomic E-state index is -1.14. The van der Waals surface area contributed by atoms with Crippen LogP contribution in [0.3, 0.4) is 0 Å². The van der Waals surface area contributed by atoms with Crippen molar-refractivity contribution in [3.63, 3.8) is 0 Å². The fourth-order valence-corrected chi connectivity index (χ4v) is 1.11. The molecule has 0 unspecified atom stereocenters. The molecule has 0 fully saturated rings. The van der Waals surface area contributed by atoms with Crippen LogP contribution >= 0.6 is 0 Å². The number of hydrogen-bond donors (Lipinski definition) is 3. The molecule has 0 aliphatic rings. The summed E-state index contributed by atoms with van der Waals surface area (Å²) in [6, 6.07) is 0. The molecule has 0 rings (SSSR count). The maximum absolute atomic E-state index is 10.5. The second-order valence-electron chi connectivity index (χ2n) is 3.55. The number of carbonyl (C=O) groups is 3. The second kappa shape index (κ2) is 9.87. The van der Waals surface area contributed by atoms with Crippen molar-refractivity contribution in [2.24, 2.45) is 0 Å².